The van der Waals surface area contributed by atoms with Crippen LogP contribution in [0.2, 0.25) is 0 Å². The lowest BCUT2D eigenvalue weighted by molar-refractivity contribution is -0.116. The molecule has 0 aliphatic heterocycles. The number of nitrogens with zero attached hydrogens (tertiary/aromatic N) is 2. The van der Waals surface area contributed by atoms with Crippen LogP contribution in [0.3, 0.4) is 0 Å². The first-order valence-electron chi connectivity index (χ1n) is 9.00. The van der Waals surface area contributed by atoms with Gasteiger partial charge in [0.05, 0.1) is 39.3 Å². The first-order valence-corrected chi connectivity index (χ1v) is 9.00. The van der Waals surface area contributed by atoms with Crippen LogP contribution in [-0.2, 0) is 11.3 Å². The lowest BCUT2D eigenvalue weighted by atomic mass is 10.2. The third-order valence-electron chi connectivity index (χ3n) is 4.26. The van der Waals surface area contributed by atoms with Gasteiger partial charge >= 0.3 is 0 Å². The Hall–Kier alpha value is -3.74. The van der Waals surface area contributed by atoms with Gasteiger partial charge in [-0.15, -0.1) is 0 Å². The molecule has 1 heterocycles. The summed E-state index contributed by atoms with van der Waals surface area (Å²) in [5.41, 5.74) is 2.51. The zero-order valence-electron chi connectivity index (χ0n) is 16.6. The Morgan fingerprint density at radius 2 is 1.76 bits per heavy atom. The van der Waals surface area contributed by atoms with Gasteiger partial charge in [-0.25, -0.2) is 4.68 Å². The highest BCUT2D eigenvalue weighted by atomic mass is 16.5. The van der Waals surface area contributed by atoms with E-state index in [2.05, 4.69) is 10.4 Å². The predicted molar refractivity (Wildman–Crippen MR) is 111 cm³/mol. The highest BCUT2D eigenvalue weighted by molar-refractivity contribution is 5.91. The molecule has 7 nitrogen and oxygen atoms in total. The summed E-state index contributed by atoms with van der Waals surface area (Å²) in [7, 11) is 4.78. The van der Waals surface area contributed by atoms with Crippen LogP contribution >= 0.6 is 0 Å². The Labute approximate surface area is 169 Å². The fourth-order valence-corrected chi connectivity index (χ4v) is 2.70. The summed E-state index contributed by atoms with van der Waals surface area (Å²) in [6.45, 7) is 0.332. The van der Waals surface area contributed by atoms with Crippen LogP contribution in [-0.4, -0.2) is 37.0 Å². The molecule has 0 aliphatic rings. The predicted octanol–water partition coefficient (Wildman–Crippen LogP) is 3.23. The van der Waals surface area contributed by atoms with Crippen LogP contribution < -0.4 is 19.5 Å². The van der Waals surface area contributed by atoms with E-state index in [0.29, 0.717) is 18.0 Å². The van der Waals surface area contributed by atoms with Crippen molar-refractivity contribution in [2.75, 3.05) is 21.3 Å². The molecule has 150 valence electrons. The summed E-state index contributed by atoms with van der Waals surface area (Å²) in [5.74, 6) is 1.83. The van der Waals surface area contributed by atoms with Gasteiger partial charge in [-0.2, -0.15) is 5.10 Å². The number of methoxy groups -OCH3 is 3. The van der Waals surface area contributed by atoms with Gasteiger partial charge in [0.25, 0.3) is 0 Å². The van der Waals surface area contributed by atoms with E-state index in [4.69, 9.17) is 14.2 Å². The summed E-state index contributed by atoms with van der Waals surface area (Å²) in [5, 5.41) is 7.30. The van der Waals surface area contributed by atoms with Crippen molar-refractivity contribution in [3.63, 3.8) is 0 Å². The summed E-state index contributed by atoms with van der Waals surface area (Å²) in [4.78, 5) is 12.1. The number of carbonyl (C=O) groups is 1. The zero-order chi connectivity index (χ0) is 20.6. The minimum atomic E-state index is -0.209. The molecule has 0 atom stereocenters. The highest BCUT2D eigenvalue weighted by Crippen LogP contribution is 2.27. The zero-order valence-corrected chi connectivity index (χ0v) is 16.6. The molecule has 2 aromatic carbocycles. The van der Waals surface area contributed by atoms with E-state index in [-0.39, 0.29) is 5.91 Å². The third-order valence-corrected chi connectivity index (χ3v) is 4.26. The third kappa shape index (κ3) is 5.16. The topological polar surface area (TPSA) is 74.6 Å². The van der Waals surface area contributed by atoms with Crippen molar-refractivity contribution < 1.29 is 19.0 Å². The molecule has 0 unspecified atom stereocenters. The number of benzene rings is 2. The molecular weight excluding hydrogens is 370 g/mol. The van der Waals surface area contributed by atoms with E-state index < -0.39 is 0 Å². The summed E-state index contributed by atoms with van der Waals surface area (Å²) in [6.07, 6.45) is 5.04. The van der Waals surface area contributed by atoms with Crippen LogP contribution in [0.1, 0.15) is 11.3 Å². The van der Waals surface area contributed by atoms with E-state index in [9.17, 15) is 4.79 Å². The van der Waals surface area contributed by atoms with Crippen molar-refractivity contribution in [3.05, 3.63) is 72.1 Å². The number of aromatic nitrogens is 2. The summed E-state index contributed by atoms with van der Waals surface area (Å²) >= 11 is 0. The van der Waals surface area contributed by atoms with Gasteiger partial charge in [0.2, 0.25) is 5.91 Å². The van der Waals surface area contributed by atoms with Crippen molar-refractivity contribution >= 4 is 12.0 Å². The maximum absolute atomic E-state index is 12.1. The number of ether oxygens (including phenoxy) is 3. The van der Waals surface area contributed by atoms with Crippen LogP contribution in [0.5, 0.6) is 17.2 Å². The van der Waals surface area contributed by atoms with Gasteiger partial charge in [0.15, 0.2) is 11.5 Å². The monoisotopic (exact) mass is 393 g/mol. The SMILES string of the molecule is COc1ccc(-n2ccc(CNC(=O)C=Cc3ccc(OC)c(OC)c3)n2)cc1. The number of nitrogens with one attached hydrogen (secondary N) is 1. The minimum Gasteiger partial charge on any atom is -0.497 e. The van der Waals surface area contributed by atoms with E-state index in [1.807, 2.05) is 42.6 Å². The van der Waals surface area contributed by atoms with Gasteiger partial charge in [0, 0.05) is 12.3 Å². The number of amides is 1. The van der Waals surface area contributed by atoms with Gasteiger partial charge < -0.3 is 19.5 Å². The number of hydrogen-bond acceptors (Lipinski definition) is 5. The van der Waals surface area contributed by atoms with Crippen molar-refractivity contribution in [3.8, 4) is 22.9 Å². The molecule has 29 heavy (non-hydrogen) atoms. The molecule has 0 saturated heterocycles. The van der Waals surface area contributed by atoms with Gasteiger partial charge in [0.1, 0.15) is 5.75 Å². The second-order valence-electron chi connectivity index (χ2n) is 6.12. The van der Waals surface area contributed by atoms with Gasteiger partial charge in [-0.1, -0.05) is 6.07 Å². The highest BCUT2D eigenvalue weighted by Gasteiger charge is 2.05. The Morgan fingerprint density at radius 1 is 1.00 bits per heavy atom. The van der Waals surface area contributed by atoms with Crippen LogP contribution in [0.25, 0.3) is 11.8 Å². The molecule has 0 aliphatic carbocycles. The first kappa shape index (κ1) is 20.0. The standard InChI is InChI=1S/C22H23N3O4/c1-27-19-8-6-18(7-9-19)25-13-12-17(24-25)15-23-22(26)11-5-16-4-10-20(28-2)21(14-16)29-3/h4-14H,15H2,1-3H3,(H,23,26). The van der Waals surface area contributed by atoms with Crippen molar-refractivity contribution in [2.24, 2.45) is 0 Å². The maximum Gasteiger partial charge on any atom is 0.244 e. The molecule has 0 saturated carbocycles. The van der Waals surface area contributed by atoms with Crippen molar-refractivity contribution in [1.82, 2.24) is 15.1 Å². The molecule has 0 bridgehead atoms. The molecule has 0 spiro atoms. The smallest absolute Gasteiger partial charge is 0.244 e. The van der Waals surface area contributed by atoms with Gasteiger partial charge in [-0.05, 0) is 54.1 Å². The lowest BCUT2D eigenvalue weighted by Gasteiger charge is -2.07. The quantitative estimate of drug-likeness (QED) is 0.595. The Morgan fingerprint density at radius 3 is 2.45 bits per heavy atom. The number of rotatable bonds is 8. The minimum absolute atomic E-state index is 0.209. The van der Waals surface area contributed by atoms with Crippen molar-refractivity contribution in [2.45, 2.75) is 6.54 Å². The molecule has 7 heteroatoms. The molecule has 0 radical (unpaired) electrons. The van der Waals surface area contributed by atoms with Gasteiger partial charge in [-0.3, -0.25) is 4.79 Å². The lowest BCUT2D eigenvalue weighted by Crippen LogP contribution is -2.20. The number of carbonyl (C=O) groups excluding carboxylic acids is 1. The average molecular weight is 393 g/mol. The first-order chi connectivity index (χ1) is 14.1. The maximum atomic E-state index is 12.1. The van der Waals surface area contributed by atoms with E-state index >= 15 is 0 Å². The molecule has 3 rings (SSSR count). The molecule has 0 fully saturated rings. The normalized spacial score (nSPS) is 10.7. The van der Waals surface area contributed by atoms with Crippen LogP contribution in [0.15, 0.2) is 60.8 Å². The fraction of sp³-hybridized carbons (Fsp3) is 0.182. The van der Waals surface area contributed by atoms with Crippen LogP contribution in [0.4, 0.5) is 0 Å². The Balaban J connectivity index is 1.57. The molecule has 1 N–H and O–H groups in total. The number of hydrogen-bond donors (Lipinski definition) is 1. The fourth-order valence-electron chi connectivity index (χ4n) is 2.70. The van der Waals surface area contributed by atoms with Crippen molar-refractivity contribution in [1.29, 1.82) is 0 Å². The average Bonchev–Trinajstić information content (AvgIpc) is 3.25. The molecule has 1 amide bonds. The summed E-state index contributed by atoms with van der Waals surface area (Å²) < 4.78 is 17.4. The Kier molecular flexibility index (Phi) is 6.52. The van der Waals surface area contributed by atoms with Crippen LogP contribution in [0, 0.1) is 0 Å². The summed E-state index contributed by atoms with van der Waals surface area (Å²) in [6, 6.07) is 14.9. The van der Waals surface area contributed by atoms with E-state index in [1.54, 1.807) is 44.2 Å². The molecule has 3 aromatic rings. The van der Waals surface area contributed by atoms with E-state index in [1.165, 1.54) is 6.08 Å². The molecular formula is C22H23N3O4. The second kappa shape index (κ2) is 9.45. The largest absolute Gasteiger partial charge is 0.497 e. The van der Waals surface area contributed by atoms with E-state index in [0.717, 1.165) is 22.7 Å². The second-order valence-corrected chi connectivity index (χ2v) is 6.12. The Bertz CT molecular complexity index is 994. The molecule has 1 aromatic heterocycles.